The number of carboxylic acids is 2. The number of hydrogen-bond donors (Lipinski definition) is 10. The number of aliphatic carboxylic acids is 2. The summed E-state index contributed by atoms with van der Waals surface area (Å²) in [5.74, 6) is -8.94. The van der Waals surface area contributed by atoms with Crippen molar-refractivity contribution in [3.63, 3.8) is 0 Å². The molecule has 1 fully saturated rings. The van der Waals surface area contributed by atoms with Crippen LogP contribution in [0.4, 0.5) is 0 Å². The van der Waals surface area contributed by atoms with Crippen LogP contribution in [0.15, 0.2) is 54.6 Å². The molecule has 11 N–H and O–H groups in total. The zero-order valence-electron chi connectivity index (χ0n) is 37.7. The molecule has 0 aromatic heterocycles. The van der Waals surface area contributed by atoms with Crippen LogP contribution in [0.3, 0.4) is 0 Å². The molecule has 0 unspecified atom stereocenters. The Hall–Kier alpha value is -6.57. The summed E-state index contributed by atoms with van der Waals surface area (Å²) >= 11 is 0. The summed E-state index contributed by atoms with van der Waals surface area (Å²) in [5, 5.41) is 44.2. The molecule has 0 bridgehead atoms. The molecule has 0 saturated carbocycles. The minimum atomic E-state index is -1.74. The van der Waals surface area contributed by atoms with E-state index in [2.05, 4.69) is 31.9 Å². The largest absolute Gasteiger partial charge is 0.508 e. The maximum absolute atomic E-state index is 14.4. The van der Waals surface area contributed by atoms with E-state index in [1.807, 2.05) is 6.92 Å². The van der Waals surface area contributed by atoms with Crippen molar-refractivity contribution in [1.82, 2.24) is 36.8 Å². The summed E-state index contributed by atoms with van der Waals surface area (Å²) in [7, 11) is 0. The molecule has 1 aliphatic rings. The van der Waals surface area contributed by atoms with E-state index in [9.17, 15) is 53.4 Å². The van der Waals surface area contributed by atoms with Crippen LogP contribution in [0.1, 0.15) is 84.8 Å². The molecule has 1 heterocycles. The van der Waals surface area contributed by atoms with Crippen LogP contribution in [0.25, 0.3) is 0 Å². The number of phenolic OH excluding ortho intramolecular Hbond substituents is 1. The lowest BCUT2D eigenvalue weighted by atomic mass is 9.96. The Morgan fingerprint density at radius 3 is 1.71 bits per heavy atom. The van der Waals surface area contributed by atoms with Crippen molar-refractivity contribution in [3.05, 3.63) is 65.7 Å². The molecule has 20 nitrogen and oxygen atoms in total. The van der Waals surface area contributed by atoms with Crippen molar-refractivity contribution >= 4 is 53.3 Å². The van der Waals surface area contributed by atoms with Gasteiger partial charge in [-0.15, -0.1) is 0 Å². The summed E-state index contributed by atoms with van der Waals surface area (Å²) in [6.45, 7) is 10.1. The van der Waals surface area contributed by atoms with Gasteiger partial charge in [-0.2, -0.15) is 0 Å². The van der Waals surface area contributed by atoms with Gasteiger partial charge in [-0.3, -0.25) is 38.4 Å². The first kappa shape index (κ1) is 52.8. The number of amides is 7. The third-order valence-electron chi connectivity index (χ3n) is 11.5. The van der Waals surface area contributed by atoms with E-state index >= 15 is 0 Å². The topological polar surface area (TPSA) is 316 Å². The number of carbonyl (C=O) groups is 9. The van der Waals surface area contributed by atoms with E-state index < -0.39 is 114 Å². The number of hydrogen-bond acceptors (Lipinski definition) is 11. The maximum atomic E-state index is 14.4. The lowest BCUT2D eigenvalue weighted by Crippen LogP contribution is -2.61. The van der Waals surface area contributed by atoms with Crippen molar-refractivity contribution < 1.29 is 58.5 Å². The molecule has 0 aliphatic carbocycles. The molecule has 2 aromatic carbocycles. The number of phenols is 1. The SMILES string of the molecule is CC[C@H](C)[C@H](NC(=O)[C@H](C)N)C(=O)N[C@@H](C)C(=O)N[C@@H](Cc1ccc(O)cc1)C(=O)N[C@@H](Cc1ccccc1)C(=O)N[C@H](C(=O)N1CCC[C@H]1C(=O)N[C@@H](CC(=O)O)C(=O)O)[C@@H](C)CC. The highest BCUT2D eigenvalue weighted by Crippen LogP contribution is 2.22. The Morgan fingerprint density at radius 2 is 1.17 bits per heavy atom. The van der Waals surface area contributed by atoms with Crippen LogP contribution in [-0.4, -0.2) is 128 Å². The number of nitrogens with zero attached hydrogens (tertiary/aromatic N) is 1. The molecule has 356 valence electrons. The molecule has 7 amide bonds. The Kier molecular flexibility index (Phi) is 20.3. The molecule has 1 saturated heterocycles. The highest BCUT2D eigenvalue weighted by Gasteiger charge is 2.41. The third-order valence-corrected chi connectivity index (χ3v) is 11.5. The Balaban J connectivity index is 1.92. The number of likely N-dealkylation sites (tertiary alicyclic amines) is 1. The second-order valence-electron chi connectivity index (χ2n) is 16.6. The average Bonchev–Trinajstić information content (AvgIpc) is 3.77. The first-order chi connectivity index (χ1) is 30.7. The van der Waals surface area contributed by atoms with Crippen LogP contribution >= 0.6 is 0 Å². The summed E-state index contributed by atoms with van der Waals surface area (Å²) in [6.07, 6.45) is 0.356. The first-order valence-corrected chi connectivity index (χ1v) is 21.8. The van der Waals surface area contributed by atoms with Crippen LogP contribution in [0, 0.1) is 11.8 Å². The predicted octanol–water partition coefficient (Wildman–Crippen LogP) is 0.0958. The highest BCUT2D eigenvalue weighted by atomic mass is 16.4. The molecule has 2 aromatic rings. The summed E-state index contributed by atoms with van der Waals surface area (Å²) in [4.78, 5) is 120. The van der Waals surface area contributed by atoms with E-state index in [0.717, 1.165) is 0 Å². The fourth-order valence-corrected chi connectivity index (χ4v) is 7.12. The van der Waals surface area contributed by atoms with E-state index in [4.69, 9.17) is 10.8 Å². The van der Waals surface area contributed by atoms with Gasteiger partial charge in [0.15, 0.2) is 0 Å². The van der Waals surface area contributed by atoms with E-state index in [0.29, 0.717) is 30.4 Å². The van der Waals surface area contributed by atoms with Crippen molar-refractivity contribution in [3.8, 4) is 5.75 Å². The van der Waals surface area contributed by atoms with Gasteiger partial charge in [0.1, 0.15) is 48.0 Å². The molecule has 3 rings (SSSR count). The minimum Gasteiger partial charge on any atom is -0.508 e. The van der Waals surface area contributed by atoms with Gasteiger partial charge in [0.25, 0.3) is 0 Å². The number of benzene rings is 2. The number of carboxylic acid groups (broad SMARTS) is 2. The van der Waals surface area contributed by atoms with Crippen molar-refractivity contribution in [2.24, 2.45) is 17.6 Å². The normalized spacial score (nSPS) is 17.6. The highest BCUT2D eigenvalue weighted by molar-refractivity contribution is 5.98. The zero-order chi connectivity index (χ0) is 48.5. The van der Waals surface area contributed by atoms with Crippen LogP contribution in [-0.2, 0) is 56.0 Å². The first-order valence-electron chi connectivity index (χ1n) is 21.8. The van der Waals surface area contributed by atoms with Crippen LogP contribution in [0.5, 0.6) is 5.75 Å². The van der Waals surface area contributed by atoms with Crippen molar-refractivity contribution in [1.29, 1.82) is 0 Å². The summed E-state index contributed by atoms with van der Waals surface area (Å²) in [6, 6.07) is 4.64. The molecular formula is C45H64N8O12. The average molecular weight is 909 g/mol. The van der Waals surface area contributed by atoms with Crippen molar-refractivity contribution in [2.45, 2.75) is 135 Å². The van der Waals surface area contributed by atoms with Crippen molar-refractivity contribution in [2.75, 3.05) is 6.54 Å². The maximum Gasteiger partial charge on any atom is 0.326 e. The number of nitrogens with one attached hydrogen (secondary N) is 6. The molecule has 10 atom stereocenters. The second kappa shape index (κ2) is 25.1. The van der Waals surface area contributed by atoms with Gasteiger partial charge >= 0.3 is 11.9 Å². The lowest BCUT2D eigenvalue weighted by Gasteiger charge is -2.33. The van der Waals surface area contributed by atoms with E-state index in [1.54, 1.807) is 63.2 Å². The van der Waals surface area contributed by atoms with E-state index in [-0.39, 0.29) is 37.5 Å². The fraction of sp³-hybridized carbons (Fsp3) is 0.533. The van der Waals surface area contributed by atoms with Gasteiger partial charge in [0.2, 0.25) is 41.4 Å². The number of nitrogens with two attached hydrogens (primary N) is 1. The molecule has 20 heteroatoms. The molecule has 1 aliphatic heterocycles. The molecular weight excluding hydrogens is 845 g/mol. The Bertz CT molecular complexity index is 2000. The summed E-state index contributed by atoms with van der Waals surface area (Å²) < 4.78 is 0. The van der Waals surface area contributed by atoms with Crippen LogP contribution in [0.2, 0.25) is 0 Å². The van der Waals surface area contributed by atoms with Gasteiger partial charge in [-0.1, -0.05) is 83.0 Å². The van der Waals surface area contributed by atoms with E-state index in [1.165, 1.54) is 30.9 Å². The Labute approximate surface area is 378 Å². The van der Waals surface area contributed by atoms with Gasteiger partial charge < -0.3 is 57.9 Å². The molecule has 0 radical (unpaired) electrons. The van der Waals surface area contributed by atoms with Gasteiger partial charge in [0.05, 0.1) is 12.5 Å². The Morgan fingerprint density at radius 1 is 0.646 bits per heavy atom. The summed E-state index contributed by atoms with van der Waals surface area (Å²) in [5.41, 5.74) is 6.86. The molecule has 65 heavy (non-hydrogen) atoms. The minimum absolute atomic E-state index is 0.0457. The standard InChI is InChI=1S/C45H64N8O12/c1-7-24(3)36(51-38(57)26(5)46)43(62)47-27(6)39(58)48-31(22-29-16-18-30(54)19-17-29)40(59)49-32(21-28-13-10-9-11-14-28)41(60)52-37(25(4)8-2)44(63)53-20-12-15-34(53)42(61)50-33(45(64)65)23-35(55)56/h9-11,13-14,16-19,24-27,31-34,36-37,54H,7-8,12,15,20-23,46H2,1-6H3,(H,47,62)(H,48,58)(H,49,59)(H,50,61)(H,51,57)(H,52,60)(H,55,56)(H,64,65)/t24-,25-,26-,27-,31-,32-,33-,34-,36-,37-/m0/s1. The van der Waals surface area contributed by atoms with Gasteiger partial charge in [0, 0.05) is 19.4 Å². The quantitative estimate of drug-likeness (QED) is 0.0669. The molecule has 0 spiro atoms. The second-order valence-corrected chi connectivity index (χ2v) is 16.6. The van der Waals surface area contributed by atoms with Crippen LogP contribution < -0.4 is 37.6 Å². The monoisotopic (exact) mass is 908 g/mol. The predicted molar refractivity (Wildman–Crippen MR) is 236 cm³/mol. The number of aromatic hydroxyl groups is 1. The lowest BCUT2D eigenvalue weighted by molar-refractivity contribution is -0.148. The number of rotatable bonds is 24. The van der Waals surface area contributed by atoms with Gasteiger partial charge in [-0.05, 0) is 61.8 Å². The van der Waals surface area contributed by atoms with Gasteiger partial charge in [-0.25, -0.2) is 4.79 Å². The number of carbonyl (C=O) groups excluding carboxylic acids is 7. The fourth-order valence-electron chi connectivity index (χ4n) is 7.12. The smallest absolute Gasteiger partial charge is 0.326 e. The zero-order valence-corrected chi connectivity index (χ0v) is 37.7. The third kappa shape index (κ3) is 15.9.